The zero-order valence-electron chi connectivity index (χ0n) is 11.5. The highest BCUT2D eigenvalue weighted by atomic mass is 14.1. The molecule has 3 rings (SSSR count). The van der Waals surface area contributed by atoms with Gasteiger partial charge in [0.2, 0.25) is 0 Å². The van der Waals surface area contributed by atoms with Crippen LogP contribution in [0.1, 0.15) is 22.3 Å². The lowest BCUT2D eigenvalue weighted by Gasteiger charge is -2.14. The molecule has 0 heterocycles. The molecule has 0 saturated heterocycles. The predicted octanol–water partition coefficient (Wildman–Crippen LogP) is 5.23. The molecule has 0 unspecified atom stereocenters. The number of hydrogen-bond acceptors (Lipinski definition) is 0. The molecule has 0 heteroatoms. The van der Waals surface area contributed by atoms with E-state index in [0.29, 0.717) is 0 Å². The SMILES string of the molecule is Cc1cc(C)c2c(C)c3ccccc3cc2c1C. The molecule has 0 aliphatic carbocycles. The highest BCUT2D eigenvalue weighted by Crippen LogP contribution is 2.33. The van der Waals surface area contributed by atoms with Gasteiger partial charge in [0.15, 0.2) is 0 Å². The quantitative estimate of drug-likeness (QED) is 0.467. The van der Waals surface area contributed by atoms with Crippen LogP contribution >= 0.6 is 0 Å². The van der Waals surface area contributed by atoms with Crippen molar-refractivity contribution < 1.29 is 0 Å². The molecule has 90 valence electrons. The molecule has 3 aromatic carbocycles. The van der Waals surface area contributed by atoms with Gasteiger partial charge >= 0.3 is 0 Å². The van der Waals surface area contributed by atoms with Crippen LogP contribution in [-0.2, 0) is 0 Å². The summed E-state index contributed by atoms with van der Waals surface area (Å²) in [6.45, 7) is 8.89. The van der Waals surface area contributed by atoms with Crippen LogP contribution in [-0.4, -0.2) is 0 Å². The Hall–Kier alpha value is -1.82. The fourth-order valence-electron chi connectivity index (χ4n) is 3.05. The average molecular weight is 234 g/mol. The van der Waals surface area contributed by atoms with Crippen LogP contribution in [0.4, 0.5) is 0 Å². The van der Waals surface area contributed by atoms with Gasteiger partial charge in [0.05, 0.1) is 0 Å². The second-order valence-corrected chi connectivity index (χ2v) is 5.28. The third-order valence-corrected chi connectivity index (χ3v) is 4.13. The normalized spacial score (nSPS) is 11.3. The Morgan fingerprint density at radius 2 is 1.39 bits per heavy atom. The molecule has 0 aliphatic heterocycles. The number of rotatable bonds is 0. The maximum absolute atomic E-state index is 2.34. The molecule has 0 nitrogen and oxygen atoms in total. The van der Waals surface area contributed by atoms with E-state index in [0.717, 1.165) is 0 Å². The van der Waals surface area contributed by atoms with Gasteiger partial charge in [-0.2, -0.15) is 0 Å². The summed E-state index contributed by atoms with van der Waals surface area (Å²) in [5.74, 6) is 0. The summed E-state index contributed by atoms with van der Waals surface area (Å²) >= 11 is 0. The summed E-state index contributed by atoms with van der Waals surface area (Å²) in [4.78, 5) is 0. The summed E-state index contributed by atoms with van der Waals surface area (Å²) in [6, 6.07) is 13.3. The van der Waals surface area contributed by atoms with E-state index in [9.17, 15) is 0 Å². The molecular formula is C18H18. The Morgan fingerprint density at radius 1 is 0.667 bits per heavy atom. The second kappa shape index (κ2) is 3.84. The molecule has 18 heavy (non-hydrogen) atoms. The summed E-state index contributed by atoms with van der Waals surface area (Å²) in [5, 5.41) is 5.55. The Balaban J connectivity index is 2.64. The van der Waals surface area contributed by atoms with Crippen LogP contribution in [0.5, 0.6) is 0 Å². The molecule has 0 aliphatic rings. The van der Waals surface area contributed by atoms with E-state index in [2.05, 4.69) is 64.1 Å². The molecule has 0 N–H and O–H groups in total. The van der Waals surface area contributed by atoms with E-state index in [-0.39, 0.29) is 0 Å². The molecule has 0 aromatic heterocycles. The van der Waals surface area contributed by atoms with Crippen LogP contribution in [0.15, 0.2) is 36.4 Å². The van der Waals surface area contributed by atoms with E-state index in [1.807, 2.05) is 0 Å². The zero-order valence-corrected chi connectivity index (χ0v) is 11.5. The maximum atomic E-state index is 2.34. The van der Waals surface area contributed by atoms with Crippen molar-refractivity contribution >= 4 is 21.5 Å². The van der Waals surface area contributed by atoms with Gasteiger partial charge < -0.3 is 0 Å². The smallest absolute Gasteiger partial charge is 0.0116 e. The molecule has 0 amide bonds. The van der Waals surface area contributed by atoms with Crippen molar-refractivity contribution in [1.29, 1.82) is 0 Å². The van der Waals surface area contributed by atoms with Crippen LogP contribution in [0.25, 0.3) is 21.5 Å². The molecule has 0 atom stereocenters. The van der Waals surface area contributed by atoms with E-state index < -0.39 is 0 Å². The summed E-state index contributed by atoms with van der Waals surface area (Å²) in [6.07, 6.45) is 0. The molecule has 3 aromatic rings. The first-order valence-electron chi connectivity index (χ1n) is 6.48. The predicted molar refractivity (Wildman–Crippen MR) is 80.4 cm³/mol. The first kappa shape index (κ1) is 11.3. The minimum absolute atomic E-state index is 1.34. The summed E-state index contributed by atoms with van der Waals surface area (Å²) in [7, 11) is 0. The van der Waals surface area contributed by atoms with Gasteiger partial charge in [0.25, 0.3) is 0 Å². The van der Waals surface area contributed by atoms with Gasteiger partial charge in [-0.25, -0.2) is 0 Å². The van der Waals surface area contributed by atoms with Gasteiger partial charge in [-0.1, -0.05) is 30.3 Å². The lowest BCUT2D eigenvalue weighted by Crippen LogP contribution is -1.91. The van der Waals surface area contributed by atoms with Crippen LogP contribution in [0.2, 0.25) is 0 Å². The van der Waals surface area contributed by atoms with E-state index in [4.69, 9.17) is 0 Å². The van der Waals surface area contributed by atoms with Crippen molar-refractivity contribution in [3.05, 3.63) is 58.7 Å². The minimum atomic E-state index is 1.34. The van der Waals surface area contributed by atoms with Crippen molar-refractivity contribution in [3.8, 4) is 0 Å². The first-order chi connectivity index (χ1) is 8.59. The van der Waals surface area contributed by atoms with E-state index in [1.54, 1.807) is 0 Å². The Morgan fingerprint density at radius 3 is 2.17 bits per heavy atom. The number of aryl methyl sites for hydroxylation is 4. The van der Waals surface area contributed by atoms with Gasteiger partial charge in [-0.05, 0) is 77.6 Å². The van der Waals surface area contributed by atoms with Crippen molar-refractivity contribution in [2.75, 3.05) is 0 Å². The van der Waals surface area contributed by atoms with Gasteiger partial charge in [-0.15, -0.1) is 0 Å². The molecule has 0 fully saturated rings. The largest absolute Gasteiger partial charge is 0.0616 e. The third-order valence-electron chi connectivity index (χ3n) is 4.13. The van der Waals surface area contributed by atoms with Crippen molar-refractivity contribution in [1.82, 2.24) is 0 Å². The standard InChI is InChI=1S/C18H18/c1-11-9-12(2)18-14(4)16-8-6-5-7-15(16)10-17(18)13(11)3/h5-10H,1-4H3. The van der Waals surface area contributed by atoms with Crippen LogP contribution < -0.4 is 0 Å². The number of fused-ring (bicyclic) bond motifs is 2. The molecule has 0 spiro atoms. The fourth-order valence-corrected chi connectivity index (χ4v) is 3.05. The third kappa shape index (κ3) is 1.45. The van der Waals surface area contributed by atoms with Crippen molar-refractivity contribution in [2.45, 2.75) is 27.7 Å². The van der Waals surface area contributed by atoms with Gasteiger partial charge in [0.1, 0.15) is 0 Å². The van der Waals surface area contributed by atoms with E-state index >= 15 is 0 Å². The van der Waals surface area contributed by atoms with Crippen LogP contribution in [0, 0.1) is 27.7 Å². The number of hydrogen-bond donors (Lipinski definition) is 0. The summed E-state index contributed by atoms with van der Waals surface area (Å²) < 4.78 is 0. The fraction of sp³-hybridized carbons (Fsp3) is 0.222. The second-order valence-electron chi connectivity index (χ2n) is 5.28. The highest BCUT2D eigenvalue weighted by Gasteiger charge is 2.09. The summed E-state index contributed by atoms with van der Waals surface area (Å²) in [5.41, 5.74) is 5.58. The highest BCUT2D eigenvalue weighted by molar-refractivity contribution is 6.04. The Labute approximate surface area is 108 Å². The van der Waals surface area contributed by atoms with E-state index in [1.165, 1.54) is 43.8 Å². The zero-order chi connectivity index (χ0) is 12.9. The van der Waals surface area contributed by atoms with Gasteiger partial charge in [-0.3, -0.25) is 0 Å². The number of benzene rings is 3. The maximum Gasteiger partial charge on any atom is -0.0116 e. The van der Waals surface area contributed by atoms with Crippen molar-refractivity contribution in [2.24, 2.45) is 0 Å². The molecule has 0 bridgehead atoms. The first-order valence-corrected chi connectivity index (χ1v) is 6.48. The van der Waals surface area contributed by atoms with Gasteiger partial charge in [0, 0.05) is 0 Å². The monoisotopic (exact) mass is 234 g/mol. The topological polar surface area (TPSA) is 0 Å². The minimum Gasteiger partial charge on any atom is -0.0616 e. The average Bonchev–Trinajstić information content (AvgIpc) is 2.36. The Bertz CT molecular complexity index is 764. The lowest BCUT2D eigenvalue weighted by molar-refractivity contribution is 1.34. The molecular weight excluding hydrogens is 216 g/mol. The lowest BCUT2D eigenvalue weighted by atomic mass is 9.90. The Kier molecular flexibility index (Phi) is 2.41. The van der Waals surface area contributed by atoms with Crippen LogP contribution in [0.3, 0.4) is 0 Å². The molecule has 0 saturated carbocycles. The van der Waals surface area contributed by atoms with Crippen molar-refractivity contribution in [3.63, 3.8) is 0 Å². The molecule has 0 radical (unpaired) electrons.